The Morgan fingerprint density at radius 1 is 1.35 bits per heavy atom. The lowest BCUT2D eigenvalue weighted by molar-refractivity contribution is 0.600. The van der Waals surface area contributed by atoms with E-state index in [1.54, 1.807) is 31.2 Å². The molecule has 2 rings (SSSR count). The molecule has 0 aliphatic heterocycles. The first-order valence-electron chi connectivity index (χ1n) is 5.68. The molecule has 0 saturated carbocycles. The van der Waals surface area contributed by atoms with Crippen molar-refractivity contribution in [2.45, 2.75) is 11.8 Å². The summed E-state index contributed by atoms with van der Waals surface area (Å²) in [5, 5.41) is 8.85. The first-order chi connectivity index (χ1) is 9.44. The summed E-state index contributed by atoms with van der Waals surface area (Å²) in [5.41, 5.74) is 6.69. The monoisotopic (exact) mass is 288 g/mol. The molecule has 1 aromatic heterocycles. The number of hydrogen-bond donors (Lipinski definition) is 2. The van der Waals surface area contributed by atoms with Crippen LogP contribution >= 0.6 is 0 Å². The zero-order valence-electron chi connectivity index (χ0n) is 10.7. The van der Waals surface area contributed by atoms with Crippen molar-refractivity contribution in [3.8, 4) is 6.07 Å². The van der Waals surface area contributed by atoms with Crippen molar-refractivity contribution in [3.05, 3.63) is 47.7 Å². The topological polar surface area (TPSA) is 109 Å². The van der Waals surface area contributed by atoms with Crippen molar-refractivity contribution in [2.75, 3.05) is 10.5 Å². The Kier molecular flexibility index (Phi) is 3.59. The first kappa shape index (κ1) is 13.8. The Balaban J connectivity index is 2.47. The quantitative estimate of drug-likeness (QED) is 0.892. The number of pyridine rings is 1. The van der Waals surface area contributed by atoms with Crippen LogP contribution in [0.5, 0.6) is 0 Å². The van der Waals surface area contributed by atoms with E-state index in [0.29, 0.717) is 5.56 Å². The fourth-order valence-corrected chi connectivity index (χ4v) is 2.95. The molecule has 1 heterocycles. The van der Waals surface area contributed by atoms with Crippen molar-refractivity contribution in [2.24, 2.45) is 0 Å². The van der Waals surface area contributed by atoms with Gasteiger partial charge in [-0.3, -0.25) is 4.72 Å². The largest absolute Gasteiger partial charge is 0.396 e. The lowest BCUT2D eigenvalue weighted by atomic mass is 10.2. The normalized spacial score (nSPS) is 10.8. The highest BCUT2D eigenvalue weighted by Gasteiger charge is 2.19. The maximum atomic E-state index is 12.3. The highest BCUT2D eigenvalue weighted by Crippen LogP contribution is 2.22. The fourth-order valence-electron chi connectivity index (χ4n) is 1.64. The molecule has 102 valence electrons. The third kappa shape index (κ3) is 2.70. The van der Waals surface area contributed by atoms with Crippen LogP contribution in [0.2, 0.25) is 0 Å². The van der Waals surface area contributed by atoms with Crippen LogP contribution in [0.25, 0.3) is 0 Å². The van der Waals surface area contributed by atoms with Crippen LogP contribution in [0.4, 0.5) is 11.5 Å². The average molecular weight is 288 g/mol. The lowest BCUT2D eigenvalue weighted by Gasteiger charge is -2.11. The summed E-state index contributed by atoms with van der Waals surface area (Å²) in [5.74, 6) is 0.0641. The van der Waals surface area contributed by atoms with Crippen molar-refractivity contribution >= 4 is 21.5 Å². The Labute approximate surface area is 116 Å². The number of benzene rings is 1. The van der Waals surface area contributed by atoms with Crippen molar-refractivity contribution in [1.29, 1.82) is 5.26 Å². The van der Waals surface area contributed by atoms with E-state index in [4.69, 9.17) is 11.0 Å². The summed E-state index contributed by atoms with van der Waals surface area (Å²) in [6.07, 6.45) is 1.44. The molecule has 6 nitrogen and oxygen atoms in total. The maximum Gasteiger partial charge on any atom is 0.263 e. The Morgan fingerprint density at radius 3 is 2.75 bits per heavy atom. The second kappa shape index (κ2) is 5.19. The number of rotatable bonds is 3. The number of hydrogen-bond acceptors (Lipinski definition) is 5. The highest BCUT2D eigenvalue weighted by atomic mass is 32.2. The number of nitrogens with one attached hydrogen (secondary N) is 1. The third-order valence-corrected chi connectivity index (χ3v) is 4.16. The highest BCUT2D eigenvalue weighted by molar-refractivity contribution is 7.92. The zero-order valence-corrected chi connectivity index (χ0v) is 11.5. The van der Waals surface area contributed by atoms with Crippen LogP contribution in [0, 0.1) is 18.3 Å². The molecule has 0 unspecified atom stereocenters. The smallest absolute Gasteiger partial charge is 0.263 e. The Bertz CT molecular complexity index is 794. The van der Waals surface area contributed by atoms with Gasteiger partial charge in [-0.25, -0.2) is 13.4 Å². The number of nitrogens with two attached hydrogens (primary N) is 1. The number of aromatic nitrogens is 1. The SMILES string of the molecule is Cc1ccc(C#N)cc1S(=O)(=O)Nc1ncccc1N. The maximum absolute atomic E-state index is 12.3. The summed E-state index contributed by atoms with van der Waals surface area (Å²) in [7, 11) is -3.84. The summed E-state index contributed by atoms with van der Waals surface area (Å²) in [6, 6.07) is 9.51. The Morgan fingerprint density at radius 2 is 2.10 bits per heavy atom. The minimum absolute atomic E-state index is 0.0293. The number of nitrogens with zero attached hydrogens (tertiary/aromatic N) is 2. The Hall–Kier alpha value is -2.59. The van der Waals surface area contributed by atoms with Gasteiger partial charge >= 0.3 is 0 Å². The van der Waals surface area contributed by atoms with Gasteiger partial charge in [-0.2, -0.15) is 5.26 Å². The van der Waals surface area contributed by atoms with Gasteiger partial charge in [-0.1, -0.05) is 6.07 Å². The molecule has 0 saturated heterocycles. The van der Waals surface area contributed by atoms with Crippen LogP contribution in [0.1, 0.15) is 11.1 Å². The molecule has 20 heavy (non-hydrogen) atoms. The van der Waals surface area contributed by atoms with E-state index in [-0.39, 0.29) is 22.0 Å². The van der Waals surface area contributed by atoms with E-state index in [1.807, 2.05) is 6.07 Å². The number of aryl methyl sites for hydroxylation is 1. The average Bonchev–Trinajstić information content (AvgIpc) is 2.41. The van der Waals surface area contributed by atoms with Gasteiger partial charge in [0, 0.05) is 6.20 Å². The molecule has 7 heteroatoms. The molecule has 0 atom stereocenters. The molecule has 0 aliphatic carbocycles. The lowest BCUT2D eigenvalue weighted by Crippen LogP contribution is -2.16. The molecule has 0 fully saturated rings. The van der Waals surface area contributed by atoms with Gasteiger partial charge < -0.3 is 5.73 Å². The van der Waals surface area contributed by atoms with E-state index in [0.717, 1.165) is 0 Å². The molecule has 3 N–H and O–H groups in total. The third-order valence-electron chi connectivity index (χ3n) is 2.68. The molecule has 0 bridgehead atoms. The van der Waals surface area contributed by atoms with Crippen molar-refractivity contribution in [3.63, 3.8) is 0 Å². The van der Waals surface area contributed by atoms with Gasteiger partial charge in [0.25, 0.3) is 10.0 Å². The number of anilines is 2. The number of nitrogen functional groups attached to an aromatic ring is 1. The molecule has 1 aromatic carbocycles. The van der Waals surface area contributed by atoms with Gasteiger partial charge in [0.05, 0.1) is 22.2 Å². The van der Waals surface area contributed by atoms with E-state index < -0.39 is 10.0 Å². The van der Waals surface area contributed by atoms with E-state index >= 15 is 0 Å². The van der Waals surface area contributed by atoms with Crippen LogP contribution in [-0.2, 0) is 10.0 Å². The predicted octanol–water partition coefficient (Wildman–Crippen LogP) is 1.64. The van der Waals surface area contributed by atoms with E-state index in [9.17, 15) is 8.42 Å². The number of nitriles is 1. The van der Waals surface area contributed by atoms with Crippen LogP contribution in [-0.4, -0.2) is 13.4 Å². The van der Waals surface area contributed by atoms with Crippen LogP contribution in [0.15, 0.2) is 41.4 Å². The predicted molar refractivity (Wildman–Crippen MR) is 75.4 cm³/mol. The van der Waals surface area contributed by atoms with Gasteiger partial charge in [0.1, 0.15) is 0 Å². The summed E-state index contributed by atoms with van der Waals surface area (Å²) >= 11 is 0. The number of sulfonamides is 1. The van der Waals surface area contributed by atoms with Crippen LogP contribution < -0.4 is 10.5 Å². The molecule has 0 aliphatic rings. The zero-order chi connectivity index (χ0) is 14.8. The van der Waals surface area contributed by atoms with E-state index in [1.165, 1.54) is 12.3 Å². The summed E-state index contributed by atoms with van der Waals surface area (Å²) in [6.45, 7) is 1.65. The van der Waals surface area contributed by atoms with Crippen LogP contribution in [0.3, 0.4) is 0 Å². The molecule has 2 aromatic rings. The van der Waals surface area contributed by atoms with Gasteiger partial charge in [-0.05, 0) is 36.8 Å². The standard InChI is InChI=1S/C13H12N4O2S/c1-9-4-5-10(8-14)7-12(9)20(18,19)17-13-11(15)3-2-6-16-13/h2-7H,15H2,1H3,(H,16,17). The minimum atomic E-state index is -3.84. The first-order valence-corrected chi connectivity index (χ1v) is 7.16. The molecular formula is C13H12N4O2S. The summed E-state index contributed by atoms with van der Waals surface area (Å²) < 4.78 is 27.0. The van der Waals surface area contributed by atoms with Crippen molar-refractivity contribution in [1.82, 2.24) is 4.98 Å². The summed E-state index contributed by atoms with van der Waals surface area (Å²) in [4.78, 5) is 3.91. The molecule has 0 spiro atoms. The minimum Gasteiger partial charge on any atom is -0.396 e. The van der Waals surface area contributed by atoms with Crippen molar-refractivity contribution < 1.29 is 8.42 Å². The van der Waals surface area contributed by atoms with E-state index in [2.05, 4.69) is 9.71 Å². The second-order valence-electron chi connectivity index (χ2n) is 4.14. The molecular weight excluding hydrogens is 276 g/mol. The fraction of sp³-hybridized carbons (Fsp3) is 0.0769. The van der Waals surface area contributed by atoms with Gasteiger partial charge in [0.15, 0.2) is 5.82 Å². The molecule has 0 amide bonds. The van der Waals surface area contributed by atoms with Gasteiger partial charge in [0.2, 0.25) is 0 Å². The second-order valence-corrected chi connectivity index (χ2v) is 5.79. The van der Waals surface area contributed by atoms with Gasteiger partial charge in [-0.15, -0.1) is 0 Å². The molecule has 0 radical (unpaired) electrons.